The van der Waals surface area contributed by atoms with Gasteiger partial charge in [-0.1, -0.05) is 164 Å². The number of furan rings is 2. The van der Waals surface area contributed by atoms with Crippen molar-refractivity contribution in [3.05, 3.63) is 224 Å². The number of hydrogen-bond donors (Lipinski definition) is 0. The monoisotopic (exact) mass is 803 g/mol. The second kappa shape index (κ2) is 14.1. The Labute approximate surface area is 362 Å². The second-order valence-electron chi connectivity index (χ2n) is 16.4. The Morgan fingerprint density at radius 3 is 1.29 bits per heavy atom. The Morgan fingerprint density at radius 1 is 0.238 bits per heavy atom. The van der Waals surface area contributed by atoms with Crippen LogP contribution in [-0.2, 0) is 0 Å². The molecule has 0 spiro atoms. The van der Waals surface area contributed by atoms with Crippen LogP contribution in [0.15, 0.2) is 233 Å². The lowest BCUT2D eigenvalue weighted by molar-refractivity contribution is 0.669. The fourth-order valence-corrected chi connectivity index (χ4v) is 9.99. The first-order valence-electron chi connectivity index (χ1n) is 21.5. The van der Waals surface area contributed by atoms with Crippen LogP contribution >= 0.6 is 0 Å². The van der Waals surface area contributed by atoms with Crippen LogP contribution in [0.1, 0.15) is 0 Å². The van der Waals surface area contributed by atoms with E-state index in [0.29, 0.717) is 0 Å². The summed E-state index contributed by atoms with van der Waals surface area (Å²) in [5.74, 6) is 0. The van der Waals surface area contributed by atoms with E-state index < -0.39 is 0 Å². The average Bonchev–Trinajstić information content (AvgIpc) is 3.92. The molecule has 2 heterocycles. The van der Waals surface area contributed by atoms with Gasteiger partial charge in [-0.25, -0.2) is 0 Å². The number of rotatable bonds is 4. The van der Waals surface area contributed by atoms with Crippen LogP contribution in [0.2, 0.25) is 0 Å². The molecule has 63 heavy (non-hydrogen) atoms. The normalized spacial score (nSPS) is 11.8. The van der Waals surface area contributed by atoms with Gasteiger partial charge in [0.05, 0.1) is 0 Å². The quantitative estimate of drug-likeness (QED) is 0.177. The molecule has 0 amide bonds. The van der Waals surface area contributed by atoms with Gasteiger partial charge in [-0.2, -0.15) is 0 Å². The minimum Gasteiger partial charge on any atom is -0.456 e. The standard InChI is InChI=1S/C60H37NO2/c1-2-14-38(15-3-1)39-26-28-40(29-27-39)61(42-31-35-58-55(37-42)50-22-11-12-24-56(50)62-58)41-30-32-48-46-19-7-5-17-44(46)43-16-4-6-18-45(43)47-20-8-9-23-51(47)59-52(54(48)36-41)33-34-53-49-21-10-13-25-57(49)63-60(53)59/h1-37H. The van der Waals surface area contributed by atoms with E-state index in [2.05, 4.69) is 217 Å². The maximum Gasteiger partial charge on any atom is 0.143 e. The van der Waals surface area contributed by atoms with E-state index in [-0.39, 0.29) is 0 Å². The summed E-state index contributed by atoms with van der Waals surface area (Å²) in [5.41, 5.74) is 8.98. The molecule has 2 aromatic heterocycles. The topological polar surface area (TPSA) is 29.5 Å². The highest BCUT2D eigenvalue weighted by molar-refractivity contribution is 6.31. The SMILES string of the molecule is c1ccc(-c2ccc(N(c3ccc4oc5ccccc5c4c3)c3ccc4c5ccccc5c5ccccc5c5ccccc5c5c(ccc6c7ccccc7oc65)c4c3)cc2)cc1. The van der Waals surface area contributed by atoms with E-state index in [1.807, 2.05) is 12.1 Å². The van der Waals surface area contributed by atoms with Crippen molar-refractivity contribution in [2.24, 2.45) is 0 Å². The van der Waals surface area contributed by atoms with E-state index in [9.17, 15) is 0 Å². The van der Waals surface area contributed by atoms with Crippen molar-refractivity contribution in [1.29, 1.82) is 0 Å². The minimum atomic E-state index is 0.865. The molecule has 3 heteroatoms. The van der Waals surface area contributed by atoms with Crippen molar-refractivity contribution < 1.29 is 8.83 Å². The van der Waals surface area contributed by atoms with Gasteiger partial charge in [0.15, 0.2) is 0 Å². The first-order chi connectivity index (χ1) is 31.2. The van der Waals surface area contributed by atoms with Crippen molar-refractivity contribution in [2.75, 3.05) is 4.90 Å². The maximum absolute atomic E-state index is 6.96. The van der Waals surface area contributed by atoms with E-state index in [1.165, 1.54) is 32.7 Å². The molecule has 3 nitrogen and oxygen atoms in total. The summed E-state index contributed by atoms with van der Waals surface area (Å²) in [6.07, 6.45) is 0. The summed E-state index contributed by atoms with van der Waals surface area (Å²) in [4.78, 5) is 2.38. The molecule has 0 N–H and O–H groups in total. The van der Waals surface area contributed by atoms with Gasteiger partial charge in [0.2, 0.25) is 0 Å². The summed E-state index contributed by atoms with van der Waals surface area (Å²) >= 11 is 0. The minimum absolute atomic E-state index is 0.865. The summed E-state index contributed by atoms with van der Waals surface area (Å²) in [7, 11) is 0. The van der Waals surface area contributed by atoms with Crippen molar-refractivity contribution in [1.82, 2.24) is 0 Å². The van der Waals surface area contributed by atoms with Crippen molar-refractivity contribution in [3.8, 4) is 11.1 Å². The van der Waals surface area contributed by atoms with Gasteiger partial charge in [0.1, 0.15) is 22.3 Å². The molecule has 0 aliphatic heterocycles. The first-order valence-corrected chi connectivity index (χ1v) is 21.5. The molecule has 13 aromatic rings. The molecule has 0 saturated heterocycles. The van der Waals surface area contributed by atoms with Gasteiger partial charge in [-0.3, -0.25) is 0 Å². The maximum atomic E-state index is 6.96. The van der Waals surface area contributed by atoms with Gasteiger partial charge in [-0.05, 0) is 120 Å². The third-order valence-corrected chi connectivity index (χ3v) is 12.9. The highest BCUT2D eigenvalue weighted by Crippen LogP contribution is 2.45. The summed E-state index contributed by atoms with van der Waals surface area (Å²) in [6, 6.07) is 80.8. The zero-order chi connectivity index (χ0) is 41.4. The second-order valence-corrected chi connectivity index (χ2v) is 16.4. The smallest absolute Gasteiger partial charge is 0.143 e. The Morgan fingerprint density at radius 2 is 0.635 bits per heavy atom. The van der Waals surface area contributed by atoms with E-state index in [0.717, 1.165) is 93.3 Å². The summed E-state index contributed by atoms with van der Waals surface area (Å²) < 4.78 is 13.3. The van der Waals surface area contributed by atoms with Gasteiger partial charge >= 0.3 is 0 Å². The molecule has 0 atom stereocenters. The van der Waals surface area contributed by atoms with Crippen LogP contribution in [0, 0.1) is 0 Å². The van der Waals surface area contributed by atoms with Crippen LogP contribution < -0.4 is 4.90 Å². The van der Waals surface area contributed by atoms with Gasteiger partial charge in [-0.15, -0.1) is 0 Å². The Bertz CT molecular complexity index is 4030. The molecule has 0 bridgehead atoms. The zero-order valence-corrected chi connectivity index (χ0v) is 34.1. The van der Waals surface area contributed by atoms with Crippen molar-refractivity contribution >= 4 is 115 Å². The van der Waals surface area contributed by atoms with Crippen LogP contribution in [0.4, 0.5) is 17.1 Å². The molecule has 0 aliphatic carbocycles. The number of hydrogen-bond acceptors (Lipinski definition) is 3. The molecule has 13 rings (SSSR count). The van der Waals surface area contributed by atoms with Gasteiger partial charge in [0.25, 0.3) is 0 Å². The van der Waals surface area contributed by atoms with Gasteiger partial charge < -0.3 is 13.7 Å². The van der Waals surface area contributed by atoms with Crippen molar-refractivity contribution in [3.63, 3.8) is 0 Å². The number of para-hydroxylation sites is 2. The Balaban J connectivity index is 1.19. The van der Waals surface area contributed by atoms with E-state index in [1.54, 1.807) is 0 Å². The third-order valence-electron chi connectivity index (χ3n) is 12.9. The number of fused-ring (bicyclic) bond motifs is 17. The Hall–Kier alpha value is -8.40. The average molecular weight is 804 g/mol. The summed E-state index contributed by atoms with van der Waals surface area (Å²) in [5, 5.41) is 15.9. The molecule has 0 aliphatic rings. The lowest BCUT2D eigenvalue weighted by Gasteiger charge is -2.26. The highest BCUT2D eigenvalue weighted by Gasteiger charge is 2.19. The van der Waals surface area contributed by atoms with E-state index >= 15 is 0 Å². The molecule has 0 radical (unpaired) electrons. The fraction of sp³-hybridized carbons (Fsp3) is 0. The van der Waals surface area contributed by atoms with Gasteiger partial charge in [0, 0.05) is 44.0 Å². The van der Waals surface area contributed by atoms with Crippen LogP contribution in [0.5, 0.6) is 0 Å². The molecule has 0 fully saturated rings. The van der Waals surface area contributed by atoms with E-state index in [4.69, 9.17) is 8.83 Å². The number of benzene rings is 10. The fourth-order valence-electron chi connectivity index (χ4n) is 9.99. The molecule has 0 saturated carbocycles. The van der Waals surface area contributed by atoms with Crippen LogP contribution in [0.25, 0.3) is 109 Å². The lowest BCUT2D eigenvalue weighted by atomic mass is 9.93. The van der Waals surface area contributed by atoms with Crippen molar-refractivity contribution in [2.45, 2.75) is 0 Å². The zero-order valence-electron chi connectivity index (χ0n) is 34.1. The lowest BCUT2D eigenvalue weighted by Crippen LogP contribution is -2.09. The number of anilines is 3. The molecular formula is C60H37NO2. The third kappa shape index (κ3) is 5.60. The van der Waals surface area contributed by atoms with Crippen LogP contribution in [0.3, 0.4) is 0 Å². The number of nitrogens with zero attached hydrogens (tertiary/aromatic N) is 1. The highest BCUT2D eigenvalue weighted by atomic mass is 16.3. The predicted octanol–water partition coefficient (Wildman–Crippen LogP) is 17.5. The molecular weight excluding hydrogens is 767 g/mol. The molecule has 294 valence electrons. The Kier molecular flexibility index (Phi) is 7.91. The summed E-state index contributed by atoms with van der Waals surface area (Å²) in [6.45, 7) is 0. The molecule has 11 aromatic carbocycles. The predicted molar refractivity (Wildman–Crippen MR) is 266 cm³/mol. The largest absolute Gasteiger partial charge is 0.456 e. The van der Waals surface area contributed by atoms with Crippen LogP contribution in [-0.4, -0.2) is 0 Å². The first kappa shape index (κ1) is 35.4. The molecule has 0 unspecified atom stereocenters.